The first kappa shape index (κ1) is 14.9. The van der Waals surface area contributed by atoms with Gasteiger partial charge in [0, 0.05) is 12.6 Å². The minimum Gasteiger partial charge on any atom is -0.302 e. The van der Waals surface area contributed by atoms with E-state index in [0.29, 0.717) is 13.0 Å². The van der Waals surface area contributed by atoms with Gasteiger partial charge in [-0.2, -0.15) is 0 Å². The summed E-state index contributed by atoms with van der Waals surface area (Å²) in [7, 11) is 0. The SMILES string of the molecule is CCC(CC)N1C(=O)CC(NCC=C(C)C)C1=O. The number of amides is 2. The highest BCUT2D eigenvalue weighted by Gasteiger charge is 2.40. The minimum absolute atomic E-state index is 0.0385. The molecule has 102 valence electrons. The van der Waals surface area contributed by atoms with Crippen molar-refractivity contribution in [3.05, 3.63) is 11.6 Å². The molecule has 1 atom stereocenters. The van der Waals surface area contributed by atoms with E-state index in [1.807, 2.05) is 33.8 Å². The smallest absolute Gasteiger partial charge is 0.247 e. The molecule has 0 aromatic rings. The van der Waals surface area contributed by atoms with Gasteiger partial charge in [0.2, 0.25) is 11.8 Å². The Labute approximate surface area is 109 Å². The van der Waals surface area contributed by atoms with Crippen LogP contribution in [0.25, 0.3) is 0 Å². The highest BCUT2D eigenvalue weighted by molar-refractivity contribution is 6.05. The summed E-state index contributed by atoms with van der Waals surface area (Å²) in [5.41, 5.74) is 1.20. The monoisotopic (exact) mass is 252 g/mol. The van der Waals surface area contributed by atoms with Gasteiger partial charge in [0.15, 0.2) is 0 Å². The first-order valence-corrected chi connectivity index (χ1v) is 6.73. The Morgan fingerprint density at radius 1 is 1.39 bits per heavy atom. The predicted octanol–water partition coefficient (Wildman–Crippen LogP) is 1.86. The summed E-state index contributed by atoms with van der Waals surface area (Å²) in [4.78, 5) is 25.5. The molecule has 4 nitrogen and oxygen atoms in total. The molecule has 1 fully saturated rings. The topological polar surface area (TPSA) is 49.4 Å². The quantitative estimate of drug-likeness (QED) is 0.580. The number of rotatable bonds is 6. The molecule has 1 heterocycles. The van der Waals surface area contributed by atoms with Crippen LogP contribution in [0.2, 0.25) is 0 Å². The predicted molar refractivity (Wildman–Crippen MR) is 72.1 cm³/mol. The number of hydrogen-bond donors (Lipinski definition) is 1. The third-order valence-corrected chi connectivity index (χ3v) is 3.37. The van der Waals surface area contributed by atoms with E-state index < -0.39 is 0 Å². The number of likely N-dealkylation sites (tertiary alicyclic amines) is 1. The maximum absolute atomic E-state index is 12.2. The summed E-state index contributed by atoms with van der Waals surface area (Å²) >= 11 is 0. The van der Waals surface area contributed by atoms with Gasteiger partial charge in [-0.1, -0.05) is 25.5 Å². The lowest BCUT2D eigenvalue weighted by Crippen LogP contribution is -2.43. The molecular weight excluding hydrogens is 228 g/mol. The van der Waals surface area contributed by atoms with Gasteiger partial charge in [-0.3, -0.25) is 14.5 Å². The number of carbonyl (C=O) groups is 2. The maximum atomic E-state index is 12.2. The van der Waals surface area contributed by atoms with E-state index in [1.54, 1.807) is 0 Å². The summed E-state index contributed by atoms with van der Waals surface area (Å²) < 4.78 is 0. The molecule has 0 bridgehead atoms. The number of carbonyl (C=O) groups excluding carboxylic acids is 2. The van der Waals surface area contributed by atoms with Gasteiger partial charge in [0.25, 0.3) is 0 Å². The van der Waals surface area contributed by atoms with Crippen LogP contribution in [0.4, 0.5) is 0 Å². The summed E-state index contributed by atoms with van der Waals surface area (Å²) in [5, 5.41) is 3.14. The molecule has 0 aromatic heterocycles. The van der Waals surface area contributed by atoms with Gasteiger partial charge in [0.1, 0.15) is 0 Å². The van der Waals surface area contributed by atoms with Crippen molar-refractivity contribution in [3.63, 3.8) is 0 Å². The fourth-order valence-electron chi connectivity index (χ4n) is 2.25. The van der Waals surface area contributed by atoms with Crippen LogP contribution in [-0.4, -0.2) is 35.3 Å². The molecule has 1 rings (SSSR count). The van der Waals surface area contributed by atoms with Gasteiger partial charge in [-0.15, -0.1) is 0 Å². The maximum Gasteiger partial charge on any atom is 0.247 e. The molecule has 0 spiro atoms. The Balaban J connectivity index is 2.63. The van der Waals surface area contributed by atoms with E-state index in [4.69, 9.17) is 0 Å². The molecule has 0 radical (unpaired) electrons. The normalized spacial score (nSPS) is 19.8. The van der Waals surface area contributed by atoms with Crippen molar-refractivity contribution in [1.29, 1.82) is 0 Å². The second-order valence-corrected chi connectivity index (χ2v) is 5.02. The average Bonchev–Trinajstić information content (AvgIpc) is 2.58. The molecule has 1 N–H and O–H groups in total. The Hall–Kier alpha value is -1.16. The van der Waals surface area contributed by atoms with E-state index in [9.17, 15) is 9.59 Å². The highest BCUT2D eigenvalue weighted by Crippen LogP contribution is 2.19. The molecule has 2 amide bonds. The van der Waals surface area contributed by atoms with Crippen LogP contribution in [0.1, 0.15) is 47.0 Å². The number of nitrogens with one attached hydrogen (secondary N) is 1. The van der Waals surface area contributed by atoms with Gasteiger partial charge < -0.3 is 5.32 Å². The second-order valence-electron chi connectivity index (χ2n) is 5.02. The number of nitrogens with zero attached hydrogens (tertiary/aromatic N) is 1. The Bertz CT molecular complexity index is 342. The third-order valence-electron chi connectivity index (χ3n) is 3.37. The molecule has 18 heavy (non-hydrogen) atoms. The second kappa shape index (κ2) is 6.69. The summed E-state index contributed by atoms with van der Waals surface area (Å²) in [6.07, 6.45) is 3.98. The van der Waals surface area contributed by atoms with E-state index in [1.165, 1.54) is 10.5 Å². The average molecular weight is 252 g/mol. The minimum atomic E-state index is -0.339. The summed E-state index contributed by atoms with van der Waals surface area (Å²) in [5.74, 6) is -0.0979. The lowest BCUT2D eigenvalue weighted by atomic mass is 10.1. The van der Waals surface area contributed by atoms with Gasteiger partial charge >= 0.3 is 0 Å². The van der Waals surface area contributed by atoms with Crippen LogP contribution < -0.4 is 5.32 Å². The van der Waals surface area contributed by atoms with Crippen molar-refractivity contribution in [2.75, 3.05) is 6.54 Å². The van der Waals surface area contributed by atoms with Crippen LogP contribution in [0.15, 0.2) is 11.6 Å². The first-order chi connectivity index (χ1) is 8.51. The standard InChI is InChI=1S/C14H24N2O2/c1-5-11(6-2)16-13(17)9-12(14(16)18)15-8-7-10(3)4/h7,11-12,15H,5-6,8-9H2,1-4H3. The van der Waals surface area contributed by atoms with E-state index in [-0.39, 0.29) is 23.9 Å². The number of imide groups is 1. The van der Waals surface area contributed by atoms with Crippen LogP contribution in [-0.2, 0) is 9.59 Å². The molecular formula is C14H24N2O2. The van der Waals surface area contributed by atoms with E-state index in [2.05, 4.69) is 5.32 Å². The van der Waals surface area contributed by atoms with Crippen molar-refractivity contribution >= 4 is 11.8 Å². The van der Waals surface area contributed by atoms with Crippen molar-refractivity contribution in [1.82, 2.24) is 10.2 Å². The number of allylic oxidation sites excluding steroid dienone is 1. The molecule has 0 aliphatic carbocycles. The van der Waals surface area contributed by atoms with Crippen LogP contribution in [0, 0.1) is 0 Å². The zero-order valence-electron chi connectivity index (χ0n) is 11.8. The molecule has 0 aromatic carbocycles. The third kappa shape index (κ3) is 3.42. The zero-order valence-corrected chi connectivity index (χ0v) is 11.8. The molecule has 1 aliphatic heterocycles. The number of hydrogen-bond acceptors (Lipinski definition) is 3. The van der Waals surface area contributed by atoms with Crippen molar-refractivity contribution in [3.8, 4) is 0 Å². The fraction of sp³-hybridized carbons (Fsp3) is 0.714. The largest absolute Gasteiger partial charge is 0.302 e. The van der Waals surface area contributed by atoms with Crippen molar-refractivity contribution in [2.24, 2.45) is 0 Å². The molecule has 1 aliphatic rings. The molecule has 1 saturated heterocycles. The lowest BCUT2D eigenvalue weighted by molar-refractivity contribution is -0.141. The molecule has 4 heteroatoms. The van der Waals surface area contributed by atoms with E-state index >= 15 is 0 Å². The molecule has 1 unspecified atom stereocenters. The van der Waals surface area contributed by atoms with E-state index in [0.717, 1.165) is 12.8 Å². The van der Waals surface area contributed by atoms with Crippen LogP contribution in [0.3, 0.4) is 0 Å². The van der Waals surface area contributed by atoms with Crippen LogP contribution >= 0.6 is 0 Å². The van der Waals surface area contributed by atoms with Crippen LogP contribution in [0.5, 0.6) is 0 Å². The van der Waals surface area contributed by atoms with Gasteiger partial charge in [-0.25, -0.2) is 0 Å². The van der Waals surface area contributed by atoms with Gasteiger partial charge in [-0.05, 0) is 26.7 Å². The highest BCUT2D eigenvalue weighted by atomic mass is 16.2. The first-order valence-electron chi connectivity index (χ1n) is 6.73. The van der Waals surface area contributed by atoms with Crippen molar-refractivity contribution < 1.29 is 9.59 Å². The van der Waals surface area contributed by atoms with Gasteiger partial charge in [0.05, 0.1) is 12.5 Å². The summed E-state index contributed by atoms with van der Waals surface area (Å²) in [6, 6.07) is -0.283. The van der Waals surface area contributed by atoms with Crippen molar-refractivity contribution in [2.45, 2.75) is 59.0 Å². The zero-order chi connectivity index (χ0) is 13.7. The lowest BCUT2D eigenvalue weighted by Gasteiger charge is -2.24. The fourth-order valence-corrected chi connectivity index (χ4v) is 2.25. The Kier molecular flexibility index (Phi) is 5.54. The Morgan fingerprint density at radius 2 is 2.00 bits per heavy atom. The molecule has 0 saturated carbocycles. The summed E-state index contributed by atoms with van der Waals surface area (Å²) in [6.45, 7) is 8.69. The Morgan fingerprint density at radius 3 is 2.50 bits per heavy atom.